The van der Waals surface area contributed by atoms with Gasteiger partial charge in [0.25, 0.3) is 0 Å². The van der Waals surface area contributed by atoms with Crippen molar-refractivity contribution in [1.82, 2.24) is 0 Å². The van der Waals surface area contributed by atoms with E-state index in [1.807, 2.05) is 0 Å². The van der Waals surface area contributed by atoms with Gasteiger partial charge in [-0.3, -0.25) is 4.79 Å². The van der Waals surface area contributed by atoms with Crippen molar-refractivity contribution >= 4 is 5.91 Å². The summed E-state index contributed by atoms with van der Waals surface area (Å²) in [4.78, 5) is 10.6. The average molecular weight is 179 g/mol. The summed E-state index contributed by atoms with van der Waals surface area (Å²) in [5, 5.41) is 0. The Morgan fingerprint density at radius 1 is 1.62 bits per heavy atom. The highest BCUT2D eigenvalue weighted by molar-refractivity contribution is 5.73. The van der Waals surface area contributed by atoms with E-state index in [1.54, 1.807) is 0 Å². The molecule has 1 fully saturated rings. The van der Waals surface area contributed by atoms with Gasteiger partial charge in [-0.25, -0.2) is 0 Å². The molecule has 0 heterocycles. The summed E-state index contributed by atoms with van der Waals surface area (Å²) in [7, 11) is 0. The maximum absolute atomic E-state index is 10.6. The largest absolute Gasteiger partial charge is 0.370 e. The smallest absolute Gasteiger partial charge is 0.217 e. The van der Waals surface area contributed by atoms with E-state index in [0.717, 1.165) is 18.8 Å². The van der Waals surface area contributed by atoms with E-state index in [9.17, 15) is 4.79 Å². The van der Waals surface area contributed by atoms with Crippen LogP contribution in [0.5, 0.6) is 0 Å². The molecule has 2 heteroatoms. The SMILES string of the molecule is NC(=O)CCCC12C=CC(CC1)C2. The fourth-order valence-electron chi connectivity index (χ4n) is 2.78. The number of primary amides is 1. The normalized spacial score (nSPS) is 35.5. The van der Waals surface area contributed by atoms with Gasteiger partial charge in [0.05, 0.1) is 0 Å². The molecule has 0 radical (unpaired) electrons. The molecular weight excluding hydrogens is 162 g/mol. The number of carbonyl (C=O) groups is 1. The summed E-state index contributed by atoms with van der Waals surface area (Å²) >= 11 is 0. The zero-order valence-corrected chi connectivity index (χ0v) is 7.96. The van der Waals surface area contributed by atoms with Crippen molar-refractivity contribution in [2.45, 2.75) is 38.5 Å². The van der Waals surface area contributed by atoms with Crippen LogP contribution >= 0.6 is 0 Å². The molecule has 1 saturated carbocycles. The van der Waals surface area contributed by atoms with E-state index in [1.165, 1.54) is 19.3 Å². The zero-order chi connectivity index (χ0) is 9.31. The summed E-state index contributed by atoms with van der Waals surface area (Å²) in [5.74, 6) is 0.682. The Kier molecular flexibility index (Phi) is 2.14. The Morgan fingerprint density at radius 3 is 2.92 bits per heavy atom. The van der Waals surface area contributed by atoms with Gasteiger partial charge in [0.1, 0.15) is 0 Å². The highest BCUT2D eigenvalue weighted by atomic mass is 16.1. The number of amides is 1. The van der Waals surface area contributed by atoms with Crippen LogP contribution < -0.4 is 5.73 Å². The zero-order valence-electron chi connectivity index (χ0n) is 7.96. The first-order valence-corrected chi connectivity index (χ1v) is 5.18. The maximum Gasteiger partial charge on any atom is 0.217 e. The van der Waals surface area contributed by atoms with Crippen LogP contribution in [0.25, 0.3) is 0 Å². The number of fused-ring (bicyclic) bond motifs is 2. The van der Waals surface area contributed by atoms with Gasteiger partial charge < -0.3 is 5.73 Å². The first-order chi connectivity index (χ1) is 6.20. The first kappa shape index (κ1) is 8.79. The monoisotopic (exact) mass is 179 g/mol. The van der Waals surface area contributed by atoms with Crippen LogP contribution in [0.15, 0.2) is 12.2 Å². The minimum absolute atomic E-state index is 0.159. The van der Waals surface area contributed by atoms with Gasteiger partial charge in [-0.2, -0.15) is 0 Å². The third kappa shape index (κ3) is 1.77. The van der Waals surface area contributed by atoms with Gasteiger partial charge in [0, 0.05) is 6.42 Å². The van der Waals surface area contributed by atoms with E-state index >= 15 is 0 Å². The second kappa shape index (κ2) is 3.17. The number of hydrogen-bond donors (Lipinski definition) is 1. The fourth-order valence-corrected chi connectivity index (χ4v) is 2.78. The number of allylic oxidation sites excluding steroid dienone is 2. The Hall–Kier alpha value is -0.790. The molecule has 2 rings (SSSR count). The van der Waals surface area contributed by atoms with Crippen LogP contribution in [-0.4, -0.2) is 5.91 Å². The van der Waals surface area contributed by atoms with Crippen LogP contribution in [0.3, 0.4) is 0 Å². The molecule has 0 aromatic heterocycles. The molecule has 0 aliphatic heterocycles. The van der Waals surface area contributed by atoms with Gasteiger partial charge in [-0.15, -0.1) is 0 Å². The topological polar surface area (TPSA) is 43.1 Å². The minimum atomic E-state index is -0.159. The summed E-state index contributed by atoms with van der Waals surface area (Å²) in [6, 6.07) is 0. The summed E-state index contributed by atoms with van der Waals surface area (Å²) in [6.07, 6.45) is 11.4. The Labute approximate surface area is 79.2 Å². The number of nitrogens with two attached hydrogens (primary N) is 1. The van der Waals surface area contributed by atoms with Crippen LogP contribution in [0.1, 0.15) is 38.5 Å². The molecule has 0 spiro atoms. The third-order valence-electron chi connectivity index (χ3n) is 3.50. The van der Waals surface area contributed by atoms with Crippen molar-refractivity contribution in [2.75, 3.05) is 0 Å². The van der Waals surface area contributed by atoms with Crippen LogP contribution in [0.4, 0.5) is 0 Å². The summed E-state index contributed by atoms with van der Waals surface area (Å²) < 4.78 is 0. The average Bonchev–Trinajstić information content (AvgIpc) is 2.62. The molecule has 2 N–H and O–H groups in total. The first-order valence-electron chi connectivity index (χ1n) is 5.18. The molecule has 2 atom stereocenters. The fraction of sp³-hybridized carbons (Fsp3) is 0.727. The van der Waals surface area contributed by atoms with E-state index in [-0.39, 0.29) is 5.91 Å². The minimum Gasteiger partial charge on any atom is -0.370 e. The molecule has 72 valence electrons. The number of hydrogen-bond acceptors (Lipinski definition) is 1. The highest BCUT2D eigenvalue weighted by Gasteiger charge is 2.39. The Morgan fingerprint density at radius 2 is 2.46 bits per heavy atom. The van der Waals surface area contributed by atoms with Gasteiger partial charge in [0.2, 0.25) is 5.91 Å². The lowest BCUT2D eigenvalue weighted by molar-refractivity contribution is -0.118. The summed E-state index contributed by atoms with van der Waals surface area (Å²) in [6.45, 7) is 0. The quantitative estimate of drug-likeness (QED) is 0.659. The number of carbonyl (C=O) groups excluding carboxylic acids is 1. The van der Waals surface area contributed by atoms with Gasteiger partial charge in [-0.05, 0) is 43.4 Å². The molecule has 2 nitrogen and oxygen atoms in total. The van der Waals surface area contributed by atoms with E-state index in [0.29, 0.717) is 11.8 Å². The molecule has 2 unspecified atom stereocenters. The predicted molar refractivity (Wildman–Crippen MR) is 52.0 cm³/mol. The molecular formula is C11H17NO. The highest BCUT2D eigenvalue weighted by Crippen LogP contribution is 2.51. The van der Waals surface area contributed by atoms with Crippen LogP contribution in [0, 0.1) is 11.3 Å². The maximum atomic E-state index is 10.6. The molecule has 2 aliphatic carbocycles. The van der Waals surface area contributed by atoms with Gasteiger partial charge in [-0.1, -0.05) is 12.2 Å². The van der Waals surface area contributed by atoms with Crippen molar-refractivity contribution < 1.29 is 4.79 Å². The second-order valence-corrected chi connectivity index (χ2v) is 4.54. The Bertz CT molecular complexity index is 246. The lowest BCUT2D eigenvalue weighted by atomic mass is 9.82. The van der Waals surface area contributed by atoms with E-state index in [2.05, 4.69) is 12.2 Å². The molecule has 13 heavy (non-hydrogen) atoms. The second-order valence-electron chi connectivity index (χ2n) is 4.54. The van der Waals surface area contributed by atoms with Gasteiger partial charge >= 0.3 is 0 Å². The van der Waals surface area contributed by atoms with Gasteiger partial charge in [0.15, 0.2) is 0 Å². The predicted octanol–water partition coefficient (Wildman–Crippen LogP) is 2.00. The Balaban J connectivity index is 1.81. The van der Waals surface area contributed by atoms with E-state index < -0.39 is 0 Å². The van der Waals surface area contributed by atoms with Crippen LogP contribution in [-0.2, 0) is 4.79 Å². The lowest BCUT2D eigenvalue weighted by Crippen LogP contribution is -2.14. The van der Waals surface area contributed by atoms with Crippen molar-refractivity contribution in [3.05, 3.63) is 12.2 Å². The van der Waals surface area contributed by atoms with Crippen molar-refractivity contribution in [3.8, 4) is 0 Å². The van der Waals surface area contributed by atoms with Crippen molar-refractivity contribution in [2.24, 2.45) is 17.1 Å². The van der Waals surface area contributed by atoms with E-state index in [4.69, 9.17) is 5.73 Å². The molecule has 0 aromatic carbocycles. The van der Waals surface area contributed by atoms with Crippen molar-refractivity contribution in [1.29, 1.82) is 0 Å². The standard InChI is InChI=1S/C11H17NO/c12-10(13)2-1-5-11-6-3-9(8-11)4-7-11/h3,6,9H,1-2,4-5,7-8H2,(H2,12,13). The molecule has 2 bridgehead atoms. The molecule has 2 aliphatic rings. The molecule has 1 amide bonds. The molecule has 0 aromatic rings. The molecule has 0 saturated heterocycles. The summed E-state index contributed by atoms with van der Waals surface area (Å²) in [5.41, 5.74) is 5.57. The lowest BCUT2D eigenvalue weighted by Gasteiger charge is -2.22. The van der Waals surface area contributed by atoms with Crippen molar-refractivity contribution in [3.63, 3.8) is 0 Å². The number of rotatable bonds is 4. The van der Waals surface area contributed by atoms with Crippen LogP contribution in [0.2, 0.25) is 0 Å². The third-order valence-corrected chi connectivity index (χ3v) is 3.50.